The number of aromatic nitrogens is 1. The zero-order valence-corrected chi connectivity index (χ0v) is 21.5. The Morgan fingerprint density at radius 3 is 2.59 bits per heavy atom. The Hall–Kier alpha value is -2.91. The molecule has 0 saturated carbocycles. The molecule has 2 aromatic carbocycles. The van der Waals surface area contributed by atoms with Crippen LogP contribution in [-0.4, -0.2) is 30.1 Å². The van der Waals surface area contributed by atoms with Crippen LogP contribution < -0.4 is 15.6 Å². The topological polar surface area (TPSA) is 80.4 Å². The van der Waals surface area contributed by atoms with Crippen LogP contribution in [0.15, 0.2) is 51.0 Å². The lowest BCUT2D eigenvalue weighted by atomic mass is 9.96. The number of alkyl halides is 1. The molecule has 0 spiro atoms. The molecule has 2 aromatic heterocycles. The van der Waals surface area contributed by atoms with Crippen LogP contribution >= 0.6 is 27.3 Å². The van der Waals surface area contributed by atoms with Crippen LogP contribution in [0.4, 0.5) is 9.18 Å². The van der Waals surface area contributed by atoms with Crippen molar-refractivity contribution in [1.29, 1.82) is 0 Å². The average molecular weight is 547 g/mol. The molecular formula is C25H24BrFN2O4S. The molecule has 0 saturated heterocycles. The zero-order valence-electron chi connectivity index (χ0n) is 19.1. The third kappa shape index (κ3) is 4.95. The standard InChI is InChI=1S/C25H24BrFN2O4S/c1-25(2,3)33-24(31)28-18(27)11-13-5-7-14(8-6-13)19-17(32-4)12-16(26)21-20(19)15-9-10-34-22(15)23(30)29-21/h5-10,12,18H,11H2,1-4H3,(H,28,31)(H,29,30). The van der Waals surface area contributed by atoms with E-state index in [1.54, 1.807) is 27.9 Å². The Balaban J connectivity index is 1.69. The van der Waals surface area contributed by atoms with Gasteiger partial charge < -0.3 is 14.5 Å². The van der Waals surface area contributed by atoms with E-state index in [0.717, 1.165) is 26.4 Å². The first-order valence-electron chi connectivity index (χ1n) is 10.6. The van der Waals surface area contributed by atoms with Crippen LogP contribution in [0.5, 0.6) is 5.75 Å². The lowest BCUT2D eigenvalue weighted by molar-refractivity contribution is 0.0453. The highest BCUT2D eigenvalue weighted by molar-refractivity contribution is 9.10. The summed E-state index contributed by atoms with van der Waals surface area (Å²) in [6, 6.07) is 11.1. The van der Waals surface area contributed by atoms with E-state index >= 15 is 0 Å². The first-order valence-corrected chi connectivity index (χ1v) is 12.3. The van der Waals surface area contributed by atoms with Crippen molar-refractivity contribution in [2.24, 2.45) is 0 Å². The van der Waals surface area contributed by atoms with E-state index in [1.807, 2.05) is 41.8 Å². The van der Waals surface area contributed by atoms with E-state index in [2.05, 4.69) is 26.2 Å². The average Bonchev–Trinajstić information content (AvgIpc) is 3.24. The van der Waals surface area contributed by atoms with Crippen molar-refractivity contribution in [1.82, 2.24) is 10.3 Å². The molecule has 0 fully saturated rings. The zero-order chi connectivity index (χ0) is 24.6. The third-order valence-corrected chi connectivity index (χ3v) is 6.71. The summed E-state index contributed by atoms with van der Waals surface area (Å²) in [6.45, 7) is 5.16. The van der Waals surface area contributed by atoms with Gasteiger partial charge in [0.2, 0.25) is 0 Å². The molecule has 2 heterocycles. The SMILES string of the molecule is COc1cc(Br)c2[nH]c(=O)c3sccc3c2c1-c1ccc(CC(F)NC(=O)OC(C)(C)C)cc1. The molecule has 0 aliphatic rings. The molecule has 1 unspecified atom stereocenters. The van der Waals surface area contributed by atoms with Gasteiger partial charge >= 0.3 is 6.09 Å². The second-order valence-corrected chi connectivity index (χ2v) is 10.6. The molecule has 1 atom stereocenters. The summed E-state index contributed by atoms with van der Waals surface area (Å²) < 4.78 is 26.6. The fraction of sp³-hybridized carbons (Fsp3) is 0.280. The number of carbonyl (C=O) groups excluding carboxylic acids is 1. The molecule has 0 radical (unpaired) electrons. The van der Waals surface area contributed by atoms with Gasteiger partial charge in [-0.15, -0.1) is 11.3 Å². The number of ether oxygens (including phenoxy) is 2. The number of benzene rings is 2. The minimum atomic E-state index is -1.58. The number of hydrogen-bond acceptors (Lipinski definition) is 5. The summed E-state index contributed by atoms with van der Waals surface area (Å²) in [6.07, 6.45) is -2.38. The summed E-state index contributed by atoms with van der Waals surface area (Å²) in [5.41, 5.74) is 2.23. The van der Waals surface area contributed by atoms with E-state index < -0.39 is 18.0 Å². The van der Waals surface area contributed by atoms with Gasteiger partial charge in [-0.25, -0.2) is 9.18 Å². The molecule has 0 aliphatic heterocycles. The predicted octanol–water partition coefficient (Wildman–Crippen LogP) is 6.54. The monoisotopic (exact) mass is 546 g/mol. The highest BCUT2D eigenvalue weighted by Crippen LogP contribution is 2.43. The van der Waals surface area contributed by atoms with Crippen LogP contribution in [0.3, 0.4) is 0 Å². The van der Waals surface area contributed by atoms with Crippen molar-refractivity contribution in [3.05, 3.63) is 62.2 Å². The Morgan fingerprint density at radius 1 is 1.24 bits per heavy atom. The molecular weight excluding hydrogens is 523 g/mol. The minimum absolute atomic E-state index is 0.000160. The number of amides is 1. The van der Waals surface area contributed by atoms with Crippen molar-refractivity contribution < 1.29 is 18.7 Å². The Morgan fingerprint density at radius 2 is 1.94 bits per heavy atom. The summed E-state index contributed by atoms with van der Waals surface area (Å²) in [7, 11) is 1.60. The second-order valence-electron chi connectivity index (χ2n) is 8.82. The number of aromatic amines is 1. The lowest BCUT2D eigenvalue weighted by Gasteiger charge is -2.21. The number of hydrogen-bond donors (Lipinski definition) is 2. The summed E-state index contributed by atoms with van der Waals surface area (Å²) >= 11 is 4.93. The van der Waals surface area contributed by atoms with E-state index in [0.29, 0.717) is 21.5 Å². The Labute approximate surface area is 208 Å². The molecule has 2 N–H and O–H groups in total. The summed E-state index contributed by atoms with van der Waals surface area (Å²) in [5.74, 6) is 0.640. The molecule has 0 aliphatic carbocycles. The van der Waals surface area contributed by atoms with Gasteiger partial charge in [0.15, 0.2) is 6.30 Å². The van der Waals surface area contributed by atoms with Crippen molar-refractivity contribution in [2.75, 3.05) is 7.11 Å². The highest BCUT2D eigenvalue weighted by atomic mass is 79.9. The Bertz CT molecular complexity index is 1420. The molecule has 6 nitrogen and oxygen atoms in total. The number of halogens is 2. The van der Waals surface area contributed by atoms with E-state index in [-0.39, 0.29) is 12.0 Å². The van der Waals surface area contributed by atoms with Crippen molar-refractivity contribution in [2.45, 2.75) is 39.1 Å². The molecule has 34 heavy (non-hydrogen) atoms. The number of H-pyrrole nitrogens is 1. The maximum absolute atomic E-state index is 14.4. The number of methoxy groups -OCH3 is 1. The quantitative estimate of drug-likeness (QED) is 0.278. The van der Waals surface area contributed by atoms with Crippen molar-refractivity contribution in [3.8, 4) is 16.9 Å². The number of thiophene rings is 1. The van der Waals surface area contributed by atoms with E-state index in [9.17, 15) is 14.0 Å². The molecule has 4 rings (SSSR count). The fourth-order valence-corrected chi connectivity index (χ4v) is 5.12. The molecule has 178 valence electrons. The van der Waals surface area contributed by atoms with Crippen molar-refractivity contribution in [3.63, 3.8) is 0 Å². The van der Waals surface area contributed by atoms with E-state index in [1.165, 1.54) is 11.3 Å². The molecule has 9 heteroatoms. The van der Waals surface area contributed by atoms with E-state index in [4.69, 9.17) is 9.47 Å². The van der Waals surface area contributed by atoms with Gasteiger partial charge in [-0.2, -0.15) is 0 Å². The second kappa shape index (κ2) is 9.38. The largest absolute Gasteiger partial charge is 0.496 e. The molecule has 1 amide bonds. The highest BCUT2D eigenvalue weighted by Gasteiger charge is 2.21. The van der Waals surface area contributed by atoms with Gasteiger partial charge in [-0.3, -0.25) is 10.1 Å². The smallest absolute Gasteiger partial charge is 0.409 e. The first kappa shape index (κ1) is 24.2. The maximum atomic E-state index is 14.4. The van der Waals surface area contributed by atoms with Gasteiger partial charge in [-0.1, -0.05) is 24.3 Å². The fourth-order valence-electron chi connectivity index (χ4n) is 3.82. The Kier molecular flexibility index (Phi) is 6.69. The van der Waals surface area contributed by atoms with Gasteiger partial charge in [0.05, 0.1) is 12.6 Å². The summed E-state index contributed by atoms with van der Waals surface area (Å²) in [5, 5.41) is 5.81. The first-order chi connectivity index (χ1) is 16.1. The minimum Gasteiger partial charge on any atom is -0.496 e. The van der Waals surface area contributed by atoms with Crippen LogP contribution in [0.25, 0.3) is 32.1 Å². The van der Waals surface area contributed by atoms with Gasteiger partial charge in [0.25, 0.3) is 5.56 Å². The van der Waals surface area contributed by atoms with Crippen LogP contribution in [0, 0.1) is 0 Å². The van der Waals surface area contributed by atoms with Crippen molar-refractivity contribution >= 4 is 54.3 Å². The number of alkyl carbamates (subject to hydrolysis) is 1. The van der Waals surface area contributed by atoms with Gasteiger partial charge in [-0.05, 0) is 65.3 Å². The molecule has 4 aromatic rings. The maximum Gasteiger partial charge on any atom is 0.409 e. The van der Waals surface area contributed by atoms with Crippen LogP contribution in [0.2, 0.25) is 0 Å². The normalized spacial score (nSPS) is 12.6. The number of rotatable bonds is 5. The summed E-state index contributed by atoms with van der Waals surface area (Å²) in [4.78, 5) is 27.3. The van der Waals surface area contributed by atoms with Gasteiger partial charge in [0.1, 0.15) is 16.1 Å². The predicted molar refractivity (Wildman–Crippen MR) is 138 cm³/mol. The van der Waals surface area contributed by atoms with Crippen LogP contribution in [-0.2, 0) is 11.2 Å². The number of carbonyl (C=O) groups is 1. The number of pyridine rings is 1. The number of nitrogens with one attached hydrogen (secondary N) is 2. The molecule has 0 bridgehead atoms. The van der Waals surface area contributed by atoms with Crippen LogP contribution in [0.1, 0.15) is 26.3 Å². The van der Waals surface area contributed by atoms with Gasteiger partial charge in [0, 0.05) is 27.2 Å². The number of fused-ring (bicyclic) bond motifs is 3. The lowest BCUT2D eigenvalue weighted by Crippen LogP contribution is -2.37. The third-order valence-electron chi connectivity index (χ3n) is 5.17.